The number of amides is 1. The minimum atomic E-state index is -0.0926. The molecule has 0 radical (unpaired) electrons. The van der Waals surface area contributed by atoms with E-state index in [-0.39, 0.29) is 11.9 Å². The second-order valence-corrected chi connectivity index (χ2v) is 6.11. The van der Waals surface area contributed by atoms with Gasteiger partial charge >= 0.3 is 0 Å². The van der Waals surface area contributed by atoms with Crippen LogP contribution >= 0.6 is 0 Å². The van der Waals surface area contributed by atoms with Crippen molar-refractivity contribution in [1.82, 2.24) is 15.2 Å². The van der Waals surface area contributed by atoms with Crippen molar-refractivity contribution in [2.24, 2.45) is 0 Å². The number of carbonyl (C=O) groups is 1. The molecule has 0 bridgehead atoms. The highest BCUT2D eigenvalue weighted by Gasteiger charge is 2.26. The fourth-order valence-corrected chi connectivity index (χ4v) is 2.99. The summed E-state index contributed by atoms with van der Waals surface area (Å²) >= 11 is 0. The fraction of sp³-hybridized carbons (Fsp3) is 0.444. The maximum Gasteiger partial charge on any atom is 0.252 e. The standard InChI is InChI=1S/C18H23N3O2/c1-13-5-7-15(11-19-13)18(22)20-12-16(21-9-3-4-10-21)17-8-6-14(2)23-17/h5-8,11,16H,3-4,9-10,12H2,1-2H3,(H,20,22)/t16-/m1/s1. The third kappa shape index (κ3) is 3.79. The van der Waals surface area contributed by atoms with Crippen LogP contribution in [0, 0.1) is 13.8 Å². The van der Waals surface area contributed by atoms with Gasteiger partial charge in [0, 0.05) is 18.4 Å². The number of rotatable bonds is 5. The molecular formula is C18H23N3O2. The van der Waals surface area contributed by atoms with Gasteiger partial charge in [-0.15, -0.1) is 0 Å². The van der Waals surface area contributed by atoms with E-state index in [0.717, 1.165) is 30.3 Å². The first-order valence-corrected chi connectivity index (χ1v) is 8.15. The second kappa shape index (κ2) is 6.96. The Bertz CT molecular complexity index is 657. The molecule has 1 aliphatic rings. The molecule has 3 heterocycles. The molecule has 3 rings (SSSR count). The Morgan fingerprint density at radius 2 is 2.04 bits per heavy atom. The lowest BCUT2D eigenvalue weighted by molar-refractivity contribution is 0.0933. The molecule has 0 spiro atoms. The summed E-state index contributed by atoms with van der Waals surface area (Å²) in [5, 5.41) is 3.02. The Kier molecular flexibility index (Phi) is 4.76. The molecule has 1 fully saturated rings. The number of hydrogen-bond donors (Lipinski definition) is 1. The van der Waals surface area contributed by atoms with Gasteiger partial charge in [0.25, 0.3) is 5.91 Å². The van der Waals surface area contributed by atoms with Crippen molar-refractivity contribution in [2.75, 3.05) is 19.6 Å². The van der Waals surface area contributed by atoms with Gasteiger partial charge in [-0.1, -0.05) is 0 Å². The molecule has 5 nitrogen and oxygen atoms in total. The van der Waals surface area contributed by atoms with Crippen LogP contribution in [0.2, 0.25) is 0 Å². The van der Waals surface area contributed by atoms with Gasteiger partial charge in [-0.05, 0) is 64.0 Å². The van der Waals surface area contributed by atoms with E-state index in [1.54, 1.807) is 12.3 Å². The van der Waals surface area contributed by atoms with Crippen molar-refractivity contribution in [2.45, 2.75) is 32.7 Å². The molecule has 122 valence electrons. The van der Waals surface area contributed by atoms with Crippen LogP contribution in [0.25, 0.3) is 0 Å². The van der Waals surface area contributed by atoms with E-state index in [0.29, 0.717) is 12.1 Å². The second-order valence-electron chi connectivity index (χ2n) is 6.11. The van der Waals surface area contributed by atoms with E-state index >= 15 is 0 Å². The van der Waals surface area contributed by atoms with Crippen molar-refractivity contribution in [3.63, 3.8) is 0 Å². The summed E-state index contributed by atoms with van der Waals surface area (Å²) < 4.78 is 5.81. The summed E-state index contributed by atoms with van der Waals surface area (Å²) in [7, 11) is 0. The Hall–Kier alpha value is -2.14. The quantitative estimate of drug-likeness (QED) is 0.922. The topological polar surface area (TPSA) is 58.4 Å². The SMILES string of the molecule is Cc1ccc(C(=O)NC[C@H](c2ccc(C)o2)N2CCCC2)cn1. The van der Waals surface area contributed by atoms with Crippen LogP contribution in [0.3, 0.4) is 0 Å². The van der Waals surface area contributed by atoms with Gasteiger partial charge in [0.15, 0.2) is 0 Å². The predicted molar refractivity (Wildman–Crippen MR) is 88.3 cm³/mol. The highest BCUT2D eigenvalue weighted by molar-refractivity contribution is 5.93. The fourth-order valence-electron chi connectivity index (χ4n) is 2.99. The maximum atomic E-state index is 12.3. The first-order chi connectivity index (χ1) is 11.1. The van der Waals surface area contributed by atoms with Gasteiger partial charge in [-0.2, -0.15) is 0 Å². The number of pyridine rings is 1. The largest absolute Gasteiger partial charge is 0.465 e. The smallest absolute Gasteiger partial charge is 0.252 e. The van der Waals surface area contributed by atoms with E-state index in [1.165, 1.54) is 12.8 Å². The first-order valence-electron chi connectivity index (χ1n) is 8.15. The average molecular weight is 313 g/mol. The van der Waals surface area contributed by atoms with Gasteiger partial charge in [0.05, 0.1) is 11.6 Å². The Morgan fingerprint density at radius 1 is 1.26 bits per heavy atom. The molecule has 0 aromatic carbocycles. The van der Waals surface area contributed by atoms with Gasteiger partial charge < -0.3 is 9.73 Å². The number of nitrogens with one attached hydrogen (secondary N) is 1. The lowest BCUT2D eigenvalue weighted by Gasteiger charge is -2.26. The third-order valence-electron chi connectivity index (χ3n) is 4.30. The number of aryl methyl sites for hydroxylation is 2. The lowest BCUT2D eigenvalue weighted by atomic mass is 10.2. The molecule has 5 heteroatoms. The summed E-state index contributed by atoms with van der Waals surface area (Å²) in [6.45, 7) is 6.49. The van der Waals surface area contributed by atoms with Gasteiger partial charge in [0.1, 0.15) is 11.5 Å². The Balaban J connectivity index is 1.68. The average Bonchev–Trinajstić information content (AvgIpc) is 3.20. The van der Waals surface area contributed by atoms with E-state index in [9.17, 15) is 4.79 Å². The molecule has 2 aromatic rings. The zero-order valence-electron chi connectivity index (χ0n) is 13.7. The first kappa shape index (κ1) is 15.7. The highest BCUT2D eigenvalue weighted by atomic mass is 16.3. The van der Waals surface area contributed by atoms with Crippen LogP contribution in [0.5, 0.6) is 0 Å². The van der Waals surface area contributed by atoms with E-state index < -0.39 is 0 Å². The number of hydrogen-bond acceptors (Lipinski definition) is 4. The number of nitrogens with zero attached hydrogens (tertiary/aromatic N) is 2. The molecule has 1 atom stereocenters. The summed E-state index contributed by atoms with van der Waals surface area (Å²) in [6.07, 6.45) is 4.02. The lowest BCUT2D eigenvalue weighted by Crippen LogP contribution is -2.36. The van der Waals surface area contributed by atoms with Gasteiger partial charge in [-0.3, -0.25) is 14.7 Å². The van der Waals surface area contributed by atoms with Crippen molar-refractivity contribution < 1.29 is 9.21 Å². The molecule has 0 saturated carbocycles. The Morgan fingerprint density at radius 3 is 2.65 bits per heavy atom. The number of carbonyl (C=O) groups excluding carboxylic acids is 1. The third-order valence-corrected chi connectivity index (χ3v) is 4.30. The normalized spacial score (nSPS) is 16.4. The number of furan rings is 1. The van der Waals surface area contributed by atoms with Crippen molar-refractivity contribution in [3.8, 4) is 0 Å². The van der Waals surface area contributed by atoms with Gasteiger partial charge in [0.2, 0.25) is 0 Å². The van der Waals surface area contributed by atoms with Crippen LogP contribution in [-0.2, 0) is 0 Å². The zero-order chi connectivity index (χ0) is 16.2. The summed E-state index contributed by atoms with van der Waals surface area (Å²) in [5.41, 5.74) is 1.49. The molecular weight excluding hydrogens is 290 g/mol. The molecule has 1 N–H and O–H groups in total. The van der Waals surface area contributed by atoms with Crippen LogP contribution in [-0.4, -0.2) is 35.4 Å². The summed E-state index contributed by atoms with van der Waals surface area (Å²) in [4.78, 5) is 18.9. The Labute approximate surface area is 136 Å². The van der Waals surface area contributed by atoms with Crippen LogP contribution in [0.15, 0.2) is 34.9 Å². The molecule has 1 aliphatic heterocycles. The molecule has 0 aliphatic carbocycles. The van der Waals surface area contributed by atoms with Crippen LogP contribution in [0.1, 0.15) is 46.5 Å². The van der Waals surface area contributed by atoms with E-state index in [2.05, 4.69) is 15.2 Å². The van der Waals surface area contributed by atoms with E-state index in [4.69, 9.17) is 4.42 Å². The molecule has 1 amide bonds. The van der Waals surface area contributed by atoms with E-state index in [1.807, 2.05) is 32.0 Å². The molecule has 23 heavy (non-hydrogen) atoms. The maximum absolute atomic E-state index is 12.3. The highest BCUT2D eigenvalue weighted by Crippen LogP contribution is 2.26. The minimum Gasteiger partial charge on any atom is -0.465 e. The van der Waals surface area contributed by atoms with Gasteiger partial charge in [-0.25, -0.2) is 0 Å². The van der Waals surface area contributed by atoms with Crippen molar-refractivity contribution >= 4 is 5.91 Å². The van der Waals surface area contributed by atoms with Crippen LogP contribution < -0.4 is 5.32 Å². The monoisotopic (exact) mass is 313 g/mol. The molecule has 2 aromatic heterocycles. The molecule has 1 saturated heterocycles. The van der Waals surface area contributed by atoms with Crippen LogP contribution in [0.4, 0.5) is 0 Å². The van der Waals surface area contributed by atoms with Crippen molar-refractivity contribution in [1.29, 1.82) is 0 Å². The van der Waals surface area contributed by atoms with Crippen molar-refractivity contribution in [3.05, 3.63) is 53.2 Å². The minimum absolute atomic E-state index is 0.0913. The zero-order valence-corrected chi connectivity index (χ0v) is 13.7. The number of aromatic nitrogens is 1. The molecule has 0 unspecified atom stereocenters. The predicted octanol–water partition coefficient (Wildman–Crippen LogP) is 2.86. The summed E-state index contributed by atoms with van der Waals surface area (Å²) in [5.74, 6) is 1.73. The summed E-state index contributed by atoms with van der Waals surface area (Å²) in [6, 6.07) is 7.73. The number of likely N-dealkylation sites (tertiary alicyclic amines) is 1.